The largest absolute Gasteiger partial charge is 0.351 e. The van der Waals surface area contributed by atoms with Crippen molar-refractivity contribution in [1.29, 1.82) is 0 Å². The number of hydrogen-bond donors (Lipinski definition) is 1. The van der Waals surface area contributed by atoms with Crippen LogP contribution in [0.3, 0.4) is 0 Å². The second-order valence-corrected chi connectivity index (χ2v) is 8.22. The van der Waals surface area contributed by atoms with Gasteiger partial charge in [0.25, 0.3) is 5.91 Å². The van der Waals surface area contributed by atoms with Crippen molar-refractivity contribution in [2.75, 3.05) is 12.3 Å². The Bertz CT molecular complexity index is 544. The number of ketones is 1. The van der Waals surface area contributed by atoms with Gasteiger partial charge in [0.2, 0.25) is 0 Å². The van der Waals surface area contributed by atoms with Gasteiger partial charge in [-0.05, 0) is 36.9 Å². The minimum Gasteiger partial charge on any atom is -0.351 e. The number of carbonyl (C=O) groups excluding carboxylic acids is 2. The zero-order valence-corrected chi connectivity index (χ0v) is 13.8. The van der Waals surface area contributed by atoms with E-state index in [2.05, 4.69) is 17.2 Å². The number of thiazole rings is 1. The van der Waals surface area contributed by atoms with Crippen LogP contribution in [0.15, 0.2) is 10.5 Å². The quantitative estimate of drug-likeness (QED) is 0.619. The van der Waals surface area contributed by atoms with Crippen LogP contribution in [0.1, 0.15) is 42.3 Å². The van der Waals surface area contributed by atoms with Crippen molar-refractivity contribution in [3.05, 3.63) is 11.1 Å². The first kappa shape index (κ1) is 15.0. The van der Waals surface area contributed by atoms with Crippen molar-refractivity contribution in [3.63, 3.8) is 0 Å². The molecule has 6 heteroatoms. The third-order valence-electron chi connectivity index (χ3n) is 4.40. The number of amides is 1. The summed E-state index contributed by atoms with van der Waals surface area (Å²) in [6.45, 7) is 2.76. The number of thioether (sulfide) groups is 1. The Hall–Kier alpha value is -0.880. The van der Waals surface area contributed by atoms with Gasteiger partial charge in [0.1, 0.15) is 10.7 Å². The van der Waals surface area contributed by atoms with Gasteiger partial charge in [-0.3, -0.25) is 9.59 Å². The third-order valence-corrected chi connectivity index (χ3v) is 6.44. The Morgan fingerprint density at radius 2 is 2.43 bits per heavy atom. The lowest BCUT2D eigenvalue weighted by Gasteiger charge is -2.04. The molecule has 2 aliphatic carbocycles. The molecule has 0 aromatic carbocycles. The summed E-state index contributed by atoms with van der Waals surface area (Å²) < 4.78 is 0.951. The molecular formula is C15H20N2O2S2. The molecule has 3 atom stereocenters. The molecule has 1 aromatic rings. The van der Waals surface area contributed by atoms with E-state index in [0.29, 0.717) is 35.0 Å². The number of Topliss-reactive ketones (excluding diaryl/α,β-unsaturated/α-hetero) is 1. The maximum absolute atomic E-state index is 12.0. The normalized spacial score (nSPS) is 26.7. The summed E-state index contributed by atoms with van der Waals surface area (Å²) in [5.74, 6) is 3.07. The Balaban J connectivity index is 1.35. The molecule has 0 aliphatic heterocycles. The van der Waals surface area contributed by atoms with Gasteiger partial charge in [-0.15, -0.1) is 11.3 Å². The van der Waals surface area contributed by atoms with Crippen molar-refractivity contribution < 1.29 is 9.59 Å². The molecule has 1 heterocycles. The lowest BCUT2D eigenvalue weighted by molar-refractivity contribution is -0.119. The van der Waals surface area contributed by atoms with Crippen LogP contribution in [0.4, 0.5) is 0 Å². The van der Waals surface area contributed by atoms with Crippen molar-refractivity contribution in [1.82, 2.24) is 10.3 Å². The highest BCUT2D eigenvalue weighted by Crippen LogP contribution is 2.57. The zero-order valence-electron chi connectivity index (χ0n) is 12.1. The van der Waals surface area contributed by atoms with Gasteiger partial charge >= 0.3 is 0 Å². The van der Waals surface area contributed by atoms with E-state index in [-0.39, 0.29) is 5.91 Å². The average Bonchev–Trinajstić information content (AvgIpc) is 2.80. The van der Waals surface area contributed by atoms with Gasteiger partial charge in [0.05, 0.1) is 6.20 Å². The lowest BCUT2D eigenvalue weighted by Crippen LogP contribution is -2.23. The van der Waals surface area contributed by atoms with Crippen LogP contribution in [0.5, 0.6) is 0 Å². The van der Waals surface area contributed by atoms with Crippen LogP contribution in [0.2, 0.25) is 0 Å². The van der Waals surface area contributed by atoms with E-state index < -0.39 is 0 Å². The third kappa shape index (κ3) is 3.31. The minimum atomic E-state index is -0.0254. The molecule has 1 aromatic heterocycles. The highest BCUT2D eigenvalue weighted by molar-refractivity contribution is 8.01. The fourth-order valence-electron chi connectivity index (χ4n) is 3.37. The maximum atomic E-state index is 12.0. The summed E-state index contributed by atoms with van der Waals surface area (Å²) in [5.41, 5.74) is 0. The number of nitrogens with zero attached hydrogens (tertiary/aromatic N) is 1. The Kier molecular flexibility index (Phi) is 4.64. The van der Waals surface area contributed by atoms with E-state index in [1.165, 1.54) is 11.3 Å². The van der Waals surface area contributed by atoms with Gasteiger partial charge in [-0.1, -0.05) is 18.7 Å². The highest BCUT2D eigenvalue weighted by atomic mass is 32.2. The van der Waals surface area contributed by atoms with E-state index in [1.54, 1.807) is 18.0 Å². The predicted molar refractivity (Wildman–Crippen MR) is 84.8 cm³/mol. The number of rotatable bonds is 7. The number of fused-ring (bicyclic) bond motifs is 1. The maximum Gasteiger partial charge on any atom is 0.263 e. The number of carbonyl (C=O) groups is 2. The summed E-state index contributed by atoms with van der Waals surface area (Å²) in [6, 6.07) is 0. The van der Waals surface area contributed by atoms with Gasteiger partial charge in [-0.25, -0.2) is 4.98 Å². The van der Waals surface area contributed by atoms with E-state index in [4.69, 9.17) is 0 Å². The van der Waals surface area contributed by atoms with E-state index in [0.717, 1.165) is 35.8 Å². The number of aromatic nitrogens is 1. The molecule has 114 valence electrons. The van der Waals surface area contributed by atoms with Gasteiger partial charge in [-0.2, -0.15) is 0 Å². The Morgan fingerprint density at radius 3 is 3.14 bits per heavy atom. The highest BCUT2D eigenvalue weighted by Gasteiger charge is 2.56. The molecule has 3 rings (SSSR count). The molecule has 2 saturated carbocycles. The molecule has 1 amide bonds. The van der Waals surface area contributed by atoms with Gasteiger partial charge in [0.15, 0.2) is 4.34 Å². The molecule has 0 bridgehead atoms. The smallest absolute Gasteiger partial charge is 0.263 e. The fraction of sp³-hybridized carbons (Fsp3) is 0.667. The van der Waals surface area contributed by atoms with E-state index >= 15 is 0 Å². The van der Waals surface area contributed by atoms with Crippen LogP contribution >= 0.6 is 23.1 Å². The molecule has 0 saturated heterocycles. The SMILES string of the molecule is CCSc1ncc(C(=O)NCCCC2C3CCC(=O)C23)s1. The molecule has 0 radical (unpaired) electrons. The summed E-state index contributed by atoms with van der Waals surface area (Å²) in [6.07, 6.45) is 5.58. The molecule has 2 aliphatic rings. The monoisotopic (exact) mass is 324 g/mol. The summed E-state index contributed by atoms with van der Waals surface area (Å²) in [5, 5.41) is 2.95. The van der Waals surface area contributed by atoms with Crippen molar-refractivity contribution in [2.24, 2.45) is 17.8 Å². The minimum absolute atomic E-state index is 0.0254. The second kappa shape index (κ2) is 6.48. The van der Waals surface area contributed by atoms with Crippen LogP contribution in [0.25, 0.3) is 0 Å². The fourth-order valence-corrected chi connectivity index (χ4v) is 5.16. The first-order valence-corrected chi connectivity index (χ1v) is 9.40. The summed E-state index contributed by atoms with van der Waals surface area (Å²) in [4.78, 5) is 28.4. The van der Waals surface area contributed by atoms with E-state index in [1.807, 2.05) is 0 Å². The van der Waals surface area contributed by atoms with Crippen LogP contribution in [0, 0.1) is 17.8 Å². The van der Waals surface area contributed by atoms with Crippen LogP contribution < -0.4 is 5.32 Å². The lowest BCUT2D eigenvalue weighted by atomic mass is 10.1. The van der Waals surface area contributed by atoms with Crippen LogP contribution in [-0.4, -0.2) is 29.0 Å². The molecule has 4 nitrogen and oxygen atoms in total. The van der Waals surface area contributed by atoms with Crippen molar-refractivity contribution >= 4 is 34.8 Å². The van der Waals surface area contributed by atoms with Crippen molar-refractivity contribution in [2.45, 2.75) is 36.9 Å². The number of hydrogen-bond acceptors (Lipinski definition) is 5. The Morgan fingerprint density at radius 1 is 1.57 bits per heavy atom. The first-order chi connectivity index (χ1) is 10.2. The van der Waals surface area contributed by atoms with Gasteiger partial charge in [0, 0.05) is 18.9 Å². The molecule has 3 unspecified atom stereocenters. The van der Waals surface area contributed by atoms with Crippen molar-refractivity contribution in [3.8, 4) is 0 Å². The topological polar surface area (TPSA) is 59.1 Å². The molecular weight excluding hydrogens is 304 g/mol. The zero-order chi connectivity index (χ0) is 14.8. The first-order valence-electron chi connectivity index (χ1n) is 7.60. The van der Waals surface area contributed by atoms with Crippen LogP contribution in [-0.2, 0) is 4.79 Å². The van der Waals surface area contributed by atoms with Gasteiger partial charge < -0.3 is 5.32 Å². The molecule has 2 fully saturated rings. The second-order valence-electron chi connectivity index (χ2n) is 5.68. The molecule has 0 spiro atoms. The van der Waals surface area contributed by atoms with E-state index in [9.17, 15) is 9.59 Å². The number of nitrogens with one attached hydrogen (secondary N) is 1. The standard InChI is InChI=1S/C15H20N2O2S2/c1-2-20-15-17-8-12(21-15)14(19)16-7-3-4-9-10-5-6-11(18)13(9)10/h8-10,13H,2-7H2,1H3,(H,16,19). The summed E-state index contributed by atoms with van der Waals surface area (Å²) in [7, 11) is 0. The molecule has 21 heavy (non-hydrogen) atoms. The summed E-state index contributed by atoms with van der Waals surface area (Å²) >= 11 is 3.11. The Labute approximate surface area is 133 Å². The predicted octanol–water partition coefficient (Wildman–Crippen LogP) is 2.99. The molecule has 1 N–H and O–H groups in total. The average molecular weight is 324 g/mol.